The Morgan fingerprint density at radius 2 is 1.02 bits per heavy atom. The number of nitrogens with zero attached hydrogens (tertiary/aromatic N) is 1. The lowest BCUT2D eigenvalue weighted by Crippen LogP contribution is -2.53. The van der Waals surface area contributed by atoms with E-state index in [-0.39, 0.29) is 60.7 Å². The monoisotopic (exact) mass is 881 g/mol. The van der Waals surface area contributed by atoms with Crippen molar-refractivity contribution in [3.8, 4) is 0 Å². The first kappa shape index (κ1) is 51.6. The zero-order valence-corrected chi connectivity index (χ0v) is 37.9. The molecule has 4 atom stereocenters. The van der Waals surface area contributed by atoms with Crippen molar-refractivity contribution in [1.82, 2.24) is 31.5 Å². The molecule has 1 fully saturated rings. The Morgan fingerprint density at radius 1 is 0.562 bits per heavy atom. The zero-order chi connectivity index (χ0) is 45.8. The number of hydrogen-bond acceptors (Lipinski definition) is 10. The molecule has 0 radical (unpaired) electrons. The van der Waals surface area contributed by atoms with E-state index in [1.165, 1.54) is 0 Å². The van der Waals surface area contributed by atoms with Crippen LogP contribution in [0.1, 0.15) is 134 Å². The molecule has 1 aliphatic heterocycles. The molecule has 1 aliphatic rings. The molecule has 348 valence electrons. The average Bonchev–Trinajstić information content (AvgIpc) is 3.67. The smallest absolute Gasteiger partial charge is 0.242 e. The molecule has 13 heteroatoms. The van der Waals surface area contributed by atoms with Crippen LogP contribution in [0.2, 0.25) is 0 Å². The molecule has 3 aromatic rings. The molecule has 0 bridgehead atoms. The van der Waals surface area contributed by atoms with Crippen LogP contribution in [0.4, 0.5) is 0 Å². The van der Waals surface area contributed by atoms with Gasteiger partial charge < -0.3 is 31.3 Å². The fourth-order valence-corrected chi connectivity index (χ4v) is 7.98. The predicted octanol–water partition coefficient (Wildman–Crippen LogP) is 5.82. The Hall–Kier alpha value is -5.08. The van der Waals surface area contributed by atoms with Gasteiger partial charge in [-0.3, -0.25) is 34.1 Å². The quantitative estimate of drug-likeness (QED) is 0.0322. The molecule has 4 rings (SSSR count). The Labute approximate surface area is 380 Å². The van der Waals surface area contributed by atoms with Crippen LogP contribution >= 0.6 is 0 Å². The molecule has 0 aliphatic carbocycles. The molecule has 3 aromatic carbocycles. The van der Waals surface area contributed by atoms with Gasteiger partial charge >= 0.3 is 0 Å². The van der Waals surface area contributed by atoms with Gasteiger partial charge in [0.1, 0.15) is 6.04 Å². The van der Waals surface area contributed by atoms with Crippen LogP contribution in [0.15, 0.2) is 91.0 Å². The molecule has 0 spiro atoms. The second-order valence-electron chi connectivity index (χ2n) is 17.0. The molecule has 13 nitrogen and oxygen atoms in total. The first-order valence-electron chi connectivity index (χ1n) is 23.6. The van der Waals surface area contributed by atoms with Crippen LogP contribution in [-0.2, 0) is 14.4 Å². The van der Waals surface area contributed by atoms with Crippen LogP contribution in [0.5, 0.6) is 0 Å². The van der Waals surface area contributed by atoms with Crippen molar-refractivity contribution in [2.24, 2.45) is 0 Å². The summed E-state index contributed by atoms with van der Waals surface area (Å²) >= 11 is 0. The fraction of sp³-hybridized carbons (Fsp3) is 0.529. The van der Waals surface area contributed by atoms with E-state index in [4.69, 9.17) is 0 Å². The normalized spacial score (nSPS) is 15.6. The molecule has 0 aromatic heterocycles. The van der Waals surface area contributed by atoms with E-state index in [1.54, 1.807) is 53.4 Å². The lowest BCUT2D eigenvalue weighted by atomic mass is 10.0. The third-order valence-electron chi connectivity index (χ3n) is 11.7. The third-order valence-corrected chi connectivity index (χ3v) is 11.7. The van der Waals surface area contributed by atoms with E-state index in [2.05, 4.69) is 26.6 Å². The Bertz CT molecular complexity index is 1850. The number of amides is 3. The van der Waals surface area contributed by atoms with Crippen LogP contribution in [0.3, 0.4) is 0 Å². The van der Waals surface area contributed by atoms with Crippen LogP contribution in [-0.4, -0.2) is 115 Å². The minimum absolute atomic E-state index is 0.00638. The van der Waals surface area contributed by atoms with Crippen LogP contribution < -0.4 is 26.6 Å². The highest BCUT2D eigenvalue weighted by molar-refractivity contribution is 5.99. The van der Waals surface area contributed by atoms with Crippen LogP contribution in [0.25, 0.3) is 0 Å². The predicted molar refractivity (Wildman–Crippen MR) is 251 cm³/mol. The number of ketones is 3. The van der Waals surface area contributed by atoms with Gasteiger partial charge in [-0.25, -0.2) is 0 Å². The van der Waals surface area contributed by atoms with Crippen molar-refractivity contribution in [3.63, 3.8) is 0 Å². The number of carbonyl (C=O) groups excluding carboxylic acids is 6. The largest absolute Gasteiger partial charge is 0.391 e. The molecule has 0 saturated carbocycles. The number of aliphatic hydroxyl groups excluding tert-OH is 1. The zero-order valence-electron chi connectivity index (χ0n) is 37.9. The number of Topliss-reactive ketones (excluding diaryl/α,β-unsaturated/α-hetero) is 3. The average molecular weight is 881 g/mol. The number of benzene rings is 3. The van der Waals surface area contributed by atoms with Crippen LogP contribution in [0, 0.1) is 0 Å². The molecule has 64 heavy (non-hydrogen) atoms. The van der Waals surface area contributed by atoms with E-state index < -0.39 is 18.2 Å². The summed E-state index contributed by atoms with van der Waals surface area (Å²) in [5.41, 5.74) is 1.84. The lowest BCUT2D eigenvalue weighted by molar-refractivity contribution is -0.132. The molecule has 1 saturated heterocycles. The summed E-state index contributed by atoms with van der Waals surface area (Å²) in [6.07, 6.45) is 10.9. The van der Waals surface area contributed by atoms with Crippen molar-refractivity contribution in [2.75, 3.05) is 45.8 Å². The summed E-state index contributed by atoms with van der Waals surface area (Å²) in [5, 5.41) is 25.5. The highest BCUT2D eigenvalue weighted by Crippen LogP contribution is 2.19. The summed E-state index contributed by atoms with van der Waals surface area (Å²) in [5.74, 6) is -0.607. The summed E-state index contributed by atoms with van der Waals surface area (Å²) in [7, 11) is 0. The minimum Gasteiger partial charge on any atom is -0.391 e. The SMILES string of the molecule is C[C@@H]1C[C@@H](O)CN1C(=O)CCCCCCCCCNC(=O)C(CCCCNCC(=O)c1ccccc1)NC(=O)C(CCCCNCC(=O)c1ccccc1)NCC(=O)c1ccccc1. The molecular weight excluding hydrogens is 809 g/mol. The number of carbonyl (C=O) groups is 6. The van der Waals surface area contributed by atoms with Gasteiger partial charge in [-0.1, -0.05) is 130 Å². The van der Waals surface area contributed by atoms with Gasteiger partial charge in [0, 0.05) is 42.2 Å². The topological polar surface area (TPSA) is 186 Å². The maximum Gasteiger partial charge on any atom is 0.242 e. The van der Waals surface area contributed by atoms with Gasteiger partial charge in [-0.2, -0.15) is 0 Å². The first-order valence-corrected chi connectivity index (χ1v) is 23.6. The van der Waals surface area contributed by atoms with Crippen molar-refractivity contribution in [1.29, 1.82) is 0 Å². The van der Waals surface area contributed by atoms with Gasteiger partial charge in [-0.05, 0) is 71.4 Å². The number of likely N-dealkylation sites (tertiary alicyclic amines) is 1. The summed E-state index contributed by atoms with van der Waals surface area (Å²) in [6.45, 7) is 4.45. The van der Waals surface area contributed by atoms with Crippen molar-refractivity contribution in [2.45, 2.75) is 127 Å². The van der Waals surface area contributed by atoms with Gasteiger partial charge in [0.2, 0.25) is 17.7 Å². The number of unbranched alkanes of at least 4 members (excludes halogenated alkanes) is 8. The van der Waals surface area contributed by atoms with Crippen molar-refractivity contribution >= 4 is 35.1 Å². The van der Waals surface area contributed by atoms with E-state index in [0.717, 1.165) is 44.9 Å². The second-order valence-corrected chi connectivity index (χ2v) is 17.0. The summed E-state index contributed by atoms with van der Waals surface area (Å²) in [6, 6.07) is 25.7. The number of rotatable bonds is 33. The van der Waals surface area contributed by atoms with Crippen molar-refractivity contribution in [3.05, 3.63) is 108 Å². The minimum atomic E-state index is -0.784. The highest BCUT2D eigenvalue weighted by atomic mass is 16.3. The number of aliphatic hydroxyl groups is 1. The van der Waals surface area contributed by atoms with E-state index in [9.17, 15) is 33.9 Å². The van der Waals surface area contributed by atoms with Gasteiger partial charge in [0.15, 0.2) is 17.3 Å². The first-order chi connectivity index (χ1) is 31.1. The van der Waals surface area contributed by atoms with Gasteiger partial charge in [0.25, 0.3) is 0 Å². The third kappa shape index (κ3) is 19.8. The molecule has 2 unspecified atom stereocenters. The Morgan fingerprint density at radius 3 is 1.52 bits per heavy atom. The Balaban J connectivity index is 1.24. The lowest BCUT2D eigenvalue weighted by Gasteiger charge is -2.23. The maximum atomic E-state index is 14.0. The number of β-amino-alcohol motifs (C(OH)–C–C–N with tert-alkyl or cyclic N) is 1. The Kier molecular flexibility index (Phi) is 24.3. The number of hydrogen-bond donors (Lipinski definition) is 6. The molecule has 3 amide bonds. The summed E-state index contributed by atoms with van der Waals surface area (Å²) < 4.78 is 0. The molecule has 6 N–H and O–H groups in total. The second kappa shape index (κ2) is 30.1. The van der Waals surface area contributed by atoms with Gasteiger partial charge in [-0.15, -0.1) is 0 Å². The van der Waals surface area contributed by atoms with Crippen molar-refractivity contribution < 1.29 is 33.9 Å². The fourth-order valence-electron chi connectivity index (χ4n) is 7.98. The maximum absolute atomic E-state index is 14.0. The highest BCUT2D eigenvalue weighted by Gasteiger charge is 2.30. The van der Waals surface area contributed by atoms with Gasteiger partial charge in [0.05, 0.1) is 31.8 Å². The van der Waals surface area contributed by atoms with E-state index >= 15 is 0 Å². The summed E-state index contributed by atoms with van der Waals surface area (Å²) in [4.78, 5) is 80.0. The van der Waals surface area contributed by atoms with E-state index in [1.807, 2.05) is 49.4 Å². The number of nitrogens with one attached hydrogen (secondary N) is 5. The van der Waals surface area contributed by atoms with E-state index in [0.29, 0.717) is 94.2 Å². The standard InChI is InChI=1S/C51H72N6O7/c1-39-34-43(58)38-57(39)49(62)30-16-5-3-2-4-6-19-33-54-50(63)45(29-18-21-32-53-36-47(60)41-24-12-8-13-25-41)56-51(64)44(55-37-48(61)42-26-14-9-15-27-42)28-17-20-31-52-35-46(59)40-22-10-7-11-23-40/h7-15,22-27,39,43-45,52-53,55,58H,2-6,16-21,28-38H2,1H3,(H,54,63)(H,56,64)/t39-,43-,44?,45?/m1/s1. The molecular formula is C51H72N6O7. The molecule has 1 heterocycles.